The molecule has 0 atom stereocenters. The Bertz CT molecular complexity index is 1490. The van der Waals surface area contributed by atoms with Crippen molar-refractivity contribution in [2.24, 2.45) is 0 Å². The molecule has 2 aromatic heterocycles. The van der Waals surface area contributed by atoms with Gasteiger partial charge >= 0.3 is 0 Å². The van der Waals surface area contributed by atoms with Crippen LogP contribution in [0.3, 0.4) is 0 Å². The van der Waals surface area contributed by atoms with Gasteiger partial charge in [0.15, 0.2) is 5.16 Å². The van der Waals surface area contributed by atoms with Gasteiger partial charge in [-0.05, 0) is 48.9 Å². The van der Waals surface area contributed by atoms with Gasteiger partial charge in [-0.2, -0.15) is 0 Å². The molecule has 0 spiro atoms. The Hall–Kier alpha value is -3.84. The van der Waals surface area contributed by atoms with Gasteiger partial charge in [-0.15, -0.1) is 0 Å². The number of aryl methyl sites for hydroxylation is 1. The molecular weight excluding hydrogens is 446 g/mol. The summed E-state index contributed by atoms with van der Waals surface area (Å²) in [7, 11) is 1.64. The van der Waals surface area contributed by atoms with Crippen molar-refractivity contribution in [2.45, 2.75) is 24.4 Å². The number of hydrogen-bond donors (Lipinski definition) is 0. The van der Waals surface area contributed by atoms with Crippen LogP contribution in [0.4, 0.5) is 0 Å². The summed E-state index contributed by atoms with van der Waals surface area (Å²) in [6.45, 7) is 2.32. The van der Waals surface area contributed by atoms with Crippen molar-refractivity contribution in [3.8, 4) is 17.2 Å². The molecule has 170 valence electrons. The molecule has 0 N–H and O–H groups in total. The lowest BCUT2D eigenvalue weighted by molar-refractivity contribution is 0.414. The third kappa shape index (κ3) is 4.47. The zero-order valence-electron chi connectivity index (χ0n) is 18.9. The zero-order valence-corrected chi connectivity index (χ0v) is 19.7. The van der Waals surface area contributed by atoms with Crippen molar-refractivity contribution in [1.29, 1.82) is 0 Å². The molecular formula is C27H23N3O3S. The van der Waals surface area contributed by atoms with Gasteiger partial charge in [-0.3, -0.25) is 9.36 Å². The summed E-state index contributed by atoms with van der Waals surface area (Å²) in [4.78, 5) is 22.9. The van der Waals surface area contributed by atoms with Crippen LogP contribution >= 0.6 is 11.8 Å². The molecule has 0 aliphatic heterocycles. The van der Waals surface area contributed by atoms with Gasteiger partial charge in [0, 0.05) is 11.3 Å². The summed E-state index contributed by atoms with van der Waals surface area (Å²) in [5.41, 5.74) is 3.38. The number of ether oxygens (including phenoxy) is 1. The first kappa shape index (κ1) is 22.0. The number of methoxy groups -OCH3 is 1. The largest absolute Gasteiger partial charge is 0.497 e. The Kier molecular flexibility index (Phi) is 6.18. The lowest BCUT2D eigenvalue weighted by atomic mass is 10.2. The maximum Gasteiger partial charge on any atom is 0.262 e. The molecule has 6 nitrogen and oxygen atoms in total. The van der Waals surface area contributed by atoms with Crippen LogP contribution < -0.4 is 10.3 Å². The van der Waals surface area contributed by atoms with Gasteiger partial charge in [0.1, 0.15) is 11.5 Å². The molecule has 3 aromatic carbocycles. The van der Waals surface area contributed by atoms with E-state index in [-0.39, 0.29) is 5.56 Å². The number of hydrogen-bond acceptors (Lipinski definition) is 6. The van der Waals surface area contributed by atoms with E-state index in [1.165, 1.54) is 11.8 Å². The maximum atomic E-state index is 13.4. The van der Waals surface area contributed by atoms with E-state index in [0.29, 0.717) is 34.2 Å². The summed E-state index contributed by atoms with van der Waals surface area (Å²) in [6, 6.07) is 25.0. The van der Waals surface area contributed by atoms with Crippen molar-refractivity contribution in [1.82, 2.24) is 14.5 Å². The maximum absolute atomic E-state index is 13.4. The van der Waals surface area contributed by atoms with Gasteiger partial charge < -0.3 is 9.15 Å². The van der Waals surface area contributed by atoms with Crippen LogP contribution in [0, 0.1) is 6.92 Å². The molecule has 5 aromatic rings. The molecule has 34 heavy (non-hydrogen) atoms. The van der Waals surface area contributed by atoms with Gasteiger partial charge in [-0.25, -0.2) is 9.97 Å². The second-order valence-electron chi connectivity index (χ2n) is 7.83. The van der Waals surface area contributed by atoms with E-state index in [4.69, 9.17) is 19.1 Å². The topological polar surface area (TPSA) is 70.2 Å². The minimum Gasteiger partial charge on any atom is -0.497 e. The van der Waals surface area contributed by atoms with Gasteiger partial charge in [-0.1, -0.05) is 54.2 Å². The first-order chi connectivity index (χ1) is 16.6. The fourth-order valence-corrected chi connectivity index (χ4v) is 4.71. The minimum atomic E-state index is -0.0641. The van der Waals surface area contributed by atoms with Crippen molar-refractivity contribution in [3.63, 3.8) is 0 Å². The highest BCUT2D eigenvalue weighted by Crippen LogP contribution is 2.27. The fourth-order valence-electron chi connectivity index (χ4n) is 3.71. The number of oxazole rings is 1. The highest BCUT2D eigenvalue weighted by Gasteiger charge is 2.16. The summed E-state index contributed by atoms with van der Waals surface area (Å²) in [5.74, 6) is 2.67. The number of rotatable bonds is 7. The molecule has 0 aliphatic rings. The molecule has 7 heteroatoms. The second kappa shape index (κ2) is 9.57. The van der Waals surface area contributed by atoms with Crippen molar-refractivity contribution in [3.05, 3.63) is 106 Å². The van der Waals surface area contributed by atoms with Crippen LogP contribution in [0.5, 0.6) is 5.75 Å². The van der Waals surface area contributed by atoms with Gasteiger partial charge in [0.2, 0.25) is 5.89 Å². The van der Waals surface area contributed by atoms with Crippen molar-refractivity contribution < 1.29 is 9.15 Å². The van der Waals surface area contributed by atoms with Crippen LogP contribution in [0.25, 0.3) is 22.4 Å². The monoisotopic (exact) mass is 469 g/mol. The molecule has 5 rings (SSSR count). The summed E-state index contributed by atoms with van der Waals surface area (Å²) >= 11 is 1.48. The Labute approximate surface area is 201 Å². The highest BCUT2D eigenvalue weighted by atomic mass is 32.2. The molecule has 0 saturated heterocycles. The lowest BCUT2D eigenvalue weighted by Gasteiger charge is -2.13. The minimum absolute atomic E-state index is 0.0641. The number of aromatic nitrogens is 3. The predicted octanol–water partition coefficient (Wildman–Crippen LogP) is 5.71. The Morgan fingerprint density at radius 2 is 1.68 bits per heavy atom. The SMILES string of the molecule is COc1ccc(Cn2c(SCc3nc(-c4ccccc4)oc3C)nc3ccccc3c2=O)cc1. The van der Waals surface area contributed by atoms with Crippen LogP contribution in [0.2, 0.25) is 0 Å². The van der Waals surface area contributed by atoms with E-state index in [9.17, 15) is 4.79 Å². The smallest absolute Gasteiger partial charge is 0.262 e. The first-order valence-corrected chi connectivity index (χ1v) is 11.9. The number of fused-ring (bicyclic) bond motifs is 1. The van der Waals surface area contributed by atoms with Gasteiger partial charge in [0.25, 0.3) is 5.56 Å². The number of thioether (sulfide) groups is 1. The Morgan fingerprint density at radius 3 is 2.44 bits per heavy atom. The third-order valence-electron chi connectivity index (χ3n) is 5.58. The van der Waals surface area contributed by atoms with Crippen LogP contribution in [0.1, 0.15) is 17.0 Å². The average Bonchev–Trinajstić information content (AvgIpc) is 3.26. The van der Waals surface area contributed by atoms with E-state index in [1.54, 1.807) is 11.7 Å². The molecule has 0 bridgehead atoms. The molecule has 0 unspecified atom stereocenters. The molecule has 0 fully saturated rings. The van der Waals surface area contributed by atoms with E-state index in [1.807, 2.05) is 85.8 Å². The van der Waals surface area contributed by atoms with Crippen LogP contribution in [-0.2, 0) is 12.3 Å². The van der Waals surface area contributed by atoms with Gasteiger partial charge in [0.05, 0.1) is 30.3 Å². The lowest BCUT2D eigenvalue weighted by Crippen LogP contribution is -2.24. The summed E-state index contributed by atoms with van der Waals surface area (Å²) < 4.78 is 12.9. The third-order valence-corrected chi connectivity index (χ3v) is 6.57. The normalized spacial score (nSPS) is 11.1. The molecule has 0 amide bonds. The van der Waals surface area contributed by atoms with E-state index >= 15 is 0 Å². The first-order valence-electron chi connectivity index (χ1n) is 10.9. The predicted molar refractivity (Wildman–Crippen MR) is 134 cm³/mol. The highest BCUT2D eigenvalue weighted by molar-refractivity contribution is 7.98. The standard InChI is InChI=1S/C27H23N3O3S/c1-18-24(28-25(33-18)20-8-4-3-5-9-20)17-34-27-29-23-11-7-6-10-22(23)26(31)30(27)16-19-12-14-21(32-2)15-13-19/h3-15H,16-17H2,1-2H3. The number of nitrogens with zero attached hydrogens (tertiary/aromatic N) is 3. The van der Waals surface area contributed by atoms with E-state index < -0.39 is 0 Å². The van der Waals surface area contributed by atoms with E-state index in [0.717, 1.165) is 28.3 Å². The van der Waals surface area contributed by atoms with Crippen molar-refractivity contribution >= 4 is 22.7 Å². The molecule has 0 radical (unpaired) electrons. The fraction of sp³-hybridized carbons (Fsp3) is 0.148. The van der Waals surface area contributed by atoms with Crippen LogP contribution in [-0.4, -0.2) is 21.6 Å². The van der Waals surface area contributed by atoms with Crippen molar-refractivity contribution in [2.75, 3.05) is 7.11 Å². The molecule has 0 saturated carbocycles. The second-order valence-corrected chi connectivity index (χ2v) is 8.77. The number of benzene rings is 3. The zero-order chi connectivity index (χ0) is 23.5. The summed E-state index contributed by atoms with van der Waals surface area (Å²) in [5, 5.41) is 1.24. The van der Waals surface area contributed by atoms with E-state index in [2.05, 4.69) is 0 Å². The Balaban J connectivity index is 1.48. The molecule has 2 heterocycles. The van der Waals surface area contributed by atoms with Crippen LogP contribution in [0.15, 0.2) is 93.2 Å². The summed E-state index contributed by atoms with van der Waals surface area (Å²) in [6.07, 6.45) is 0. The average molecular weight is 470 g/mol. The number of para-hydroxylation sites is 1. The molecule has 0 aliphatic carbocycles. The Morgan fingerprint density at radius 1 is 0.941 bits per heavy atom. The quantitative estimate of drug-likeness (QED) is 0.225.